The van der Waals surface area contributed by atoms with Crippen molar-refractivity contribution in [1.82, 2.24) is 9.47 Å². The monoisotopic (exact) mass is 401 g/mol. The molecule has 1 aromatic heterocycles. The number of thioether (sulfide) groups is 1. The number of aromatic nitrogens is 1. The van der Waals surface area contributed by atoms with Crippen molar-refractivity contribution in [2.75, 3.05) is 6.54 Å². The largest absolute Gasteiger partial charge is 0.348 e. The Labute approximate surface area is 175 Å². The number of aliphatic imine (C=N–C) groups is 1. The number of hydrogen-bond donors (Lipinski definition) is 0. The van der Waals surface area contributed by atoms with Crippen molar-refractivity contribution in [2.24, 2.45) is 12.0 Å². The van der Waals surface area contributed by atoms with Crippen molar-refractivity contribution < 1.29 is 4.79 Å². The Kier molecular flexibility index (Phi) is 5.67. The maximum absolute atomic E-state index is 13.2. The fraction of sp³-hybridized carbons (Fsp3) is 0.167. The van der Waals surface area contributed by atoms with Gasteiger partial charge in [0.05, 0.1) is 10.6 Å². The number of rotatable bonds is 5. The van der Waals surface area contributed by atoms with Gasteiger partial charge in [0.25, 0.3) is 5.91 Å². The first-order chi connectivity index (χ1) is 14.1. The lowest BCUT2D eigenvalue weighted by Gasteiger charge is -2.15. The highest BCUT2D eigenvalue weighted by Crippen LogP contribution is 2.34. The van der Waals surface area contributed by atoms with Crippen molar-refractivity contribution in [1.29, 1.82) is 0 Å². The molecule has 29 heavy (non-hydrogen) atoms. The zero-order valence-electron chi connectivity index (χ0n) is 16.6. The van der Waals surface area contributed by atoms with E-state index < -0.39 is 0 Å². The Morgan fingerprint density at radius 1 is 0.966 bits per heavy atom. The van der Waals surface area contributed by atoms with Crippen LogP contribution in [0.2, 0.25) is 0 Å². The van der Waals surface area contributed by atoms with Gasteiger partial charge in [-0.05, 0) is 61.0 Å². The predicted octanol–water partition coefficient (Wildman–Crippen LogP) is 5.18. The number of hydrogen-bond acceptors (Lipinski definition) is 3. The van der Waals surface area contributed by atoms with Gasteiger partial charge in [-0.1, -0.05) is 48.5 Å². The maximum Gasteiger partial charge on any atom is 0.266 e. The van der Waals surface area contributed by atoms with Gasteiger partial charge < -0.3 is 4.57 Å². The SMILES string of the molecule is Cc1ccc(/C=C2\SC(=Nc3ccccc3)N(CCc3ccccc3)C2=O)n1C. The van der Waals surface area contributed by atoms with E-state index in [9.17, 15) is 4.79 Å². The molecule has 3 aromatic rings. The molecule has 1 amide bonds. The van der Waals surface area contributed by atoms with Gasteiger partial charge in [0.2, 0.25) is 0 Å². The average Bonchev–Trinajstić information content (AvgIpc) is 3.21. The molecule has 0 saturated carbocycles. The number of amides is 1. The summed E-state index contributed by atoms with van der Waals surface area (Å²) in [5, 5.41) is 0.731. The number of benzene rings is 2. The van der Waals surface area contributed by atoms with E-state index in [4.69, 9.17) is 4.99 Å². The lowest BCUT2D eigenvalue weighted by molar-refractivity contribution is -0.122. The van der Waals surface area contributed by atoms with E-state index in [1.165, 1.54) is 17.3 Å². The first-order valence-corrected chi connectivity index (χ1v) is 10.4. The number of carbonyl (C=O) groups is 1. The highest BCUT2D eigenvalue weighted by atomic mass is 32.2. The molecule has 0 aliphatic carbocycles. The molecule has 1 fully saturated rings. The molecule has 0 unspecified atom stereocenters. The summed E-state index contributed by atoms with van der Waals surface area (Å²) >= 11 is 1.44. The number of carbonyl (C=O) groups excluding carboxylic acids is 1. The minimum atomic E-state index is 0.0134. The molecule has 2 heterocycles. The van der Waals surface area contributed by atoms with Crippen LogP contribution in [0.4, 0.5) is 5.69 Å². The summed E-state index contributed by atoms with van der Waals surface area (Å²) in [6, 6.07) is 24.1. The fourth-order valence-electron chi connectivity index (χ4n) is 3.20. The molecule has 0 atom stereocenters. The van der Waals surface area contributed by atoms with Crippen LogP contribution in [0, 0.1) is 6.92 Å². The quantitative estimate of drug-likeness (QED) is 0.553. The second-order valence-corrected chi connectivity index (χ2v) is 8.00. The number of para-hydroxylation sites is 1. The van der Waals surface area contributed by atoms with Crippen molar-refractivity contribution in [2.45, 2.75) is 13.3 Å². The molecular formula is C24H23N3OS. The Balaban J connectivity index is 1.64. The number of amidine groups is 1. The molecule has 5 heteroatoms. The highest BCUT2D eigenvalue weighted by molar-refractivity contribution is 8.18. The van der Waals surface area contributed by atoms with E-state index in [1.54, 1.807) is 4.90 Å². The van der Waals surface area contributed by atoms with Gasteiger partial charge in [0, 0.05) is 25.0 Å². The molecule has 146 valence electrons. The highest BCUT2D eigenvalue weighted by Gasteiger charge is 2.33. The second kappa shape index (κ2) is 8.53. The molecule has 0 spiro atoms. The van der Waals surface area contributed by atoms with Crippen molar-refractivity contribution in [3.63, 3.8) is 0 Å². The van der Waals surface area contributed by atoms with Crippen LogP contribution in [0.5, 0.6) is 0 Å². The summed E-state index contributed by atoms with van der Waals surface area (Å²) in [5.74, 6) is 0.0134. The van der Waals surface area contributed by atoms with Gasteiger partial charge in [-0.15, -0.1) is 0 Å². The summed E-state index contributed by atoms with van der Waals surface area (Å²) in [6.45, 7) is 2.66. The molecule has 2 aromatic carbocycles. The topological polar surface area (TPSA) is 37.6 Å². The minimum absolute atomic E-state index is 0.0134. The summed E-state index contributed by atoms with van der Waals surface area (Å²) in [6.07, 6.45) is 2.75. The minimum Gasteiger partial charge on any atom is -0.348 e. The molecule has 0 radical (unpaired) electrons. The predicted molar refractivity (Wildman–Crippen MR) is 121 cm³/mol. The van der Waals surface area contributed by atoms with Gasteiger partial charge in [0.15, 0.2) is 5.17 Å². The third-order valence-corrected chi connectivity index (χ3v) is 6.03. The Bertz CT molecular complexity index is 1070. The van der Waals surface area contributed by atoms with Gasteiger partial charge >= 0.3 is 0 Å². The zero-order valence-corrected chi connectivity index (χ0v) is 17.4. The van der Waals surface area contributed by atoms with Crippen LogP contribution >= 0.6 is 11.8 Å². The summed E-state index contributed by atoms with van der Waals surface area (Å²) in [7, 11) is 2.01. The van der Waals surface area contributed by atoms with Crippen molar-refractivity contribution >= 4 is 34.6 Å². The van der Waals surface area contributed by atoms with Crippen LogP contribution in [0.1, 0.15) is 17.0 Å². The van der Waals surface area contributed by atoms with E-state index in [-0.39, 0.29) is 5.91 Å². The van der Waals surface area contributed by atoms with E-state index in [0.717, 1.165) is 28.7 Å². The summed E-state index contributed by atoms with van der Waals surface area (Å²) in [5.41, 5.74) is 4.23. The van der Waals surface area contributed by atoms with Gasteiger partial charge in [0.1, 0.15) is 0 Å². The van der Waals surface area contributed by atoms with Crippen LogP contribution < -0.4 is 0 Å². The Morgan fingerprint density at radius 3 is 2.31 bits per heavy atom. The third kappa shape index (κ3) is 4.35. The number of nitrogens with zero attached hydrogens (tertiary/aromatic N) is 3. The molecule has 1 aliphatic heterocycles. The smallest absolute Gasteiger partial charge is 0.266 e. The molecule has 4 nitrogen and oxygen atoms in total. The fourth-order valence-corrected chi connectivity index (χ4v) is 4.21. The molecular weight excluding hydrogens is 378 g/mol. The van der Waals surface area contributed by atoms with Crippen molar-refractivity contribution in [3.05, 3.63) is 94.7 Å². The van der Waals surface area contributed by atoms with Crippen LogP contribution in [0.25, 0.3) is 6.08 Å². The van der Waals surface area contributed by atoms with Crippen LogP contribution in [-0.2, 0) is 18.3 Å². The molecule has 1 aliphatic rings. The maximum atomic E-state index is 13.2. The number of aryl methyl sites for hydroxylation is 1. The average molecular weight is 402 g/mol. The van der Waals surface area contributed by atoms with Gasteiger partial charge in [-0.25, -0.2) is 4.99 Å². The Morgan fingerprint density at radius 2 is 1.66 bits per heavy atom. The lowest BCUT2D eigenvalue weighted by Crippen LogP contribution is -2.31. The van der Waals surface area contributed by atoms with Gasteiger partial charge in [-0.3, -0.25) is 9.69 Å². The van der Waals surface area contributed by atoms with E-state index in [1.807, 2.05) is 67.7 Å². The molecule has 4 rings (SSSR count). The van der Waals surface area contributed by atoms with E-state index in [2.05, 4.69) is 29.7 Å². The lowest BCUT2D eigenvalue weighted by atomic mass is 10.1. The summed E-state index contributed by atoms with van der Waals surface area (Å²) in [4.78, 5) is 20.5. The zero-order chi connectivity index (χ0) is 20.2. The van der Waals surface area contributed by atoms with Crippen molar-refractivity contribution in [3.8, 4) is 0 Å². The molecule has 1 saturated heterocycles. The van der Waals surface area contributed by atoms with Crippen LogP contribution in [-0.4, -0.2) is 27.1 Å². The second-order valence-electron chi connectivity index (χ2n) is 6.99. The van der Waals surface area contributed by atoms with E-state index in [0.29, 0.717) is 11.4 Å². The first kappa shape index (κ1) is 19.3. The van der Waals surface area contributed by atoms with Crippen LogP contribution in [0.15, 0.2) is 82.7 Å². The van der Waals surface area contributed by atoms with E-state index >= 15 is 0 Å². The normalized spacial score (nSPS) is 16.9. The van der Waals surface area contributed by atoms with Crippen LogP contribution in [0.3, 0.4) is 0 Å². The third-order valence-electron chi connectivity index (χ3n) is 5.03. The molecule has 0 bridgehead atoms. The summed E-state index contributed by atoms with van der Waals surface area (Å²) < 4.78 is 2.08. The van der Waals surface area contributed by atoms with Gasteiger partial charge in [-0.2, -0.15) is 0 Å². The first-order valence-electron chi connectivity index (χ1n) is 9.63. The molecule has 0 N–H and O–H groups in total. The Hall–Kier alpha value is -3.05. The standard InChI is InChI=1S/C24H23N3OS/c1-18-13-14-21(26(18)2)17-22-23(28)27(16-15-19-9-5-3-6-10-19)24(29-22)25-20-11-7-4-8-12-20/h3-14,17H,15-16H2,1-2H3/b22-17-,25-24?.